The van der Waals surface area contributed by atoms with Gasteiger partial charge < -0.3 is 10.1 Å². The maximum absolute atomic E-state index is 11.8. The van der Waals surface area contributed by atoms with Crippen LogP contribution >= 0.6 is 0 Å². The molecular formula is C12H22F3NO. The SMILES string of the molecule is CCC1CCC(NCCOCC(F)(F)F)CC1. The van der Waals surface area contributed by atoms with Crippen LogP contribution in [-0.2, 0) is 4.74 Å². The molecular weight excluding hydrogens is 231 g/mol. The molecule has 102 valence electrons. The summed E-state index contributed by atoms with van der Waals surface area (Å²) in [6, 6.07) is 0.465. The minimum absolute atomic E-state index is 0.132. The second-order valence-corrected chi connectivity index (χ2v) is 4.75. The number of hydrogen-bond acceptors (Lipinski definition) is 2. The number of alkyl halides is 3. The van der Waals surface area contributed by atoms with Gasteiger partial charge in [0.15, 0.2) is 0 Å². The first kappa shape index (κ1) is 14.8. The molecule has 0 aromatic rings. The van der Waals surface area contributed by atoms with E-state index in [2.05, 4.69) is 17.0 Å². The molecule has 1 N–H and O–H groups in total. The fraction of sp³-hybridized carbons (Fsp3) is 1.00. The summed E-state index contributed by atoms with van der Waals surface area (Å²) in [6.07, 6.45) is 1.77. The van der Waals surface area contributed by atoms with Gasteiger partial charge in [-0.25, -0.2) is 0 Å². The van der Waals surface area contributed by atoms with Gasteiger partial charge in [-0.2, -0.15) is 13.2 Å². The second kappa shape index (κ2) is 7.21. The molecule has 0 aromatic carbocycles. The van der Waals surface area contributed by atoms with Crippen LogP contribution in [0.5, 0.6) is 0 Å². The summed E-state index contributed by atoms with van der Waals surface area (Å²) in [5, 5.41) is 3.26. The first-order valence-corrected chi connectivity index (χ1v) is 6.39. The van der Waals surface area contributed by atoms with Crippen molar-refractivity contribution in [2.24, 2.45) is 5.92 Å². The summed E-state index contributed by atoms with van der Waals surface area (Å²) in [7, 11) is 0. The maximum atomic E-state index is 11.8. The van der Waals surface area contributed by atoms with Crippen LogP contribution in [0.15, 0.2) is 0 Å². The van der Waals surface area contributed by atoms with Crippen molar-refractivity contribution in [3.63, 3.8) is 0 Å². The van der Waals surface area contributed by atoms with Gasteiger partial charge in [-0.15, -0.1) is 0 Å². The van der Waals surface area contributed by atoms with Gasteiger partial charge in [-0.1, -0.05) is 13.3 Å². The number of halogens is 3. The van der Waals surface area contributed by atoms with Crippen molar-refractivity contribution >= 4 is 0 Å². The summed E-state index contributed by atoms with van der Waals surface area (Å²) in [5.41, 5.74) is 0. The molecule has 17 heavy (non-hydrogen) atoms. The van der Waals surface area contributed by atoms with Gasteiger partial charge in [0.25, 0.3) is 0 Å². The van der Waals surface area contributed by atoms with E-state index in [1.807, 2.05) is 0 Å². The Morgan fingerprint density at radius 1 is 1.18 bits per heavy atom. The second-order valence-electron chi connectivity index (χ2n) is 4.75. The van der Waals surface area contributed by atoms with Crippen molar-refractivity contribution in [3.8, 4) is 0 Å². The Morgan fingerprint density at radius 2 is 1.82 bits per heavy atom. The van der Waals surface area contributed by atoms with Crippen molar-refractivity contribution in [1.29, 1.82) is 0 Å². The van der Waals surface area contributed by atoms with Gasteiger partial charge in [-0.3, -0.25) is 0 Å². The van der Waals surface area contributed by atoms with E-state index in [-0.39, 0.29) is 6.61 Å². The molecule has 0 spiro atoms. The number of ether oxygens (including phenoxy) is 1. The largest absolute Gasteiger partial charge is 0.411 e. The van der Waals surface area contributed by atoms with E-state index in [0.29, 0.717) is 12.6 Å². The lowest BCUT2D eigenvalue weighted by atomic mass is 9.84. The van der Waals surface area contributed by atoms with E-state index < -0.39 is 12.8 Å². The van der Waals surface area contributed by atoms with Gasteiger partial charge in [0.2, 0.25) is 0 Å². The molecule has 1 aliphatic rings. The Bertz CT molecular complexity index is 200. The normalized spacial score (nSPS) is 26.1. The van der Waals surface area contributed by atoms with E-state index in [1.54, 1.807) is 0 Å². The average molecular weight is 253 g/mol. The van der Waals surface area contributed by atoms with Crippen molar-refractivity contribution in [2.75, 3.05) is 19.8 Å². The lowest BCUT2D eigenvalue weighted by Crippen LogP contribution is -2.35. The lowest BCUT2D eigenvalue weighted by molar-refractivity contribution is -0.173. The van der Waals surface area contributed by atoms with Gasteiger partial charge >= 0.3 is 6.18 Å². The molecule has 0 amide bonds. The highest BCUT2D eigenvalue weighted by Crippen LogP contribution is 2.26. The third-order valence-electron chi connectivity index (χ3n) is 3.37. The number of nitrogens with one attached hydrogen (secondary N) is 1. The van der Waals surface area contributed by atoms with Crippen LogP contribution in [0.2, 0.25) is 0 Å². The zero-order valence-electron chi connectivity index (χ0n) is 10.4. The molecule has 5 heteroatoms. The zero-order valence-corrected chi connectivity index (χ0v) is 10.4. The first-order chi connectivity index (χ1) is 8.01. The summed E-state index contributed by atoms with van der Waals surface area (Å²) in [4.78, 5) is 0. The highest BCUT2D eigenvalue weighted by molar-refractivity contribution is 4.76. The van der Waals surface area contributed by atoms with Crippen LogP contribution in [0, 0.1) is 5.92 Å². The summed E-state index contributed by atoms with van der Waals surface area (Å²) in [5.74, 6) is 0.842. The van der Waals surface area contributed by atoms with Crippen LogP contribution in [0.4, 0.5) is 13.2 Å². The van der Waals surface area contributed by atoms with E-state index in [4.69, 9.17) is 0 Å². The number of rotatable bonds is 6. The molecule has 2 nitrogen and oxygen atoms in total. The predicted molar refractivity (Wildman–Crippen MR) is 60.9 cm³/mol. The number of hydrogen-bond donors (Lipinski definition) is 1. The monoisotopic (exact) mass is 253 g/mol. The smallest absolute Gasteiger partial charge is 0.371 e. The van der Waals surface area contributed by atoms with Crippen LogP contribution < -0.4 is 5.32 Å². The zero-order chi connectivity index (χ0) is 12.7. The Morgan fingerprint density at radius 3 is 2.35 bits per heavy atom. The molecule has 0 unspecified atom stereocenters. The Kier molecular flexibility index (Phi) is 6.27. The highest BCUT2D eigenvalue weighted by atomic mass is 19.4. The molecule has 0 heterocycles. The molecule has 0 bridgehead atoms. The average Bonchev–Trinajstić information content (AvgIpc) is 2.28. The van der Waals surface area contributed by atoms with E-state index >= 15 is 0 Å². The summed E-state index contributed by atoms with van der Waals surface area (Å²) in [6.45, 7) is 1.71. The van der Waals surface area contributed by atoms with Crippen molar-refractivity contribution < 1.29 is 17.9 Å². The maximum Gasteiger partial charge on any atom is 0.411 e. The van der Waals surface area contributed by atoms with Crippen LogP contribution in [0.3, 0.4) is 0 Å². The fourth-order valence-electron chi connectivity index (χ4n) is 2.30. The Hall–Kier alpha value is -0.290. The van der Waals surface area contributed by atoms with Crippen LogP contribution in [0.25, 0.3) is 0 Å². The topological polar surface area (TPSA) is 21.3 Å². The van der Waals surface area contributed by atoms with E-state index in [0.717, 1.165) is 18.8 Å². The van der Waals surface area contributed by atoms with Crippen molar-refractivity contribution in [3.05, 3.63) is 0 Å². The molecule has 0 radical (unpaired) electrons. The highest BCUT2D eigenvalue weighted by Gasteiger charge is 2.27. The molecule has 0 saturated heterocycles. The minimum atomic E-state index is -4.21. The molecule has 1 rings (SSSR count). The Balaban J connectivity index is 1.97. The van der Waals surface area contributed by atoms with Gasteiger partial charge in [0, 0.05) is 12.6 Å². The molecule has 1 aliphatic carbocycles. The predicted octanol–water partition coefficient (Wildman–Crippen LogP) is 3.12. The molecule has 1 saturated carbocycles. The van der Waals surface area contributed by atoms with Crippen molar-refractivity contribution in [1.82, 2.24) is 5.32 Å². The minimum Gasteiger partial charge on any atom is -0.371 e. The van der Waals surface area contributed by atoms with Gasteiger partial charge in [0.1, 0.15) is 6.61 Å². The van der Waals surface area contributed by atoms with E-state index in [9.17, 15) is 13.2 Å². The standard InChI is InChI=1S/C12H22F3NO/c1-2-10-3-5-11(6-4-10)16-7-8-17-9-12(13,14)15/h10-11,16H,2-9H2,1H3. The quantitative estimate of drug-likeness (QED) is 0.734. The summed E-state index contributed by atoms with van der Waals surface area (Å²) < 4.78 is 39.9. The van der Waals surface area contributed by atoms with Gasteiger partial charge in [0.05, 0.1) is 6.61 Å². The molecule has 1 fully saturated rings. The third-order valence-corrected chi connectivity index (χ3v) is 3.37. The lowest BCUT2D eigenvalue weighted by Gasteiger charge is -2.28. The molecule has 0 aromatic heterocycles. The van der Waals surface area contributed by atoms with E-state index in [1.165, 1.54) is 19.3 Å². The Labute approximate surface area is 101 Å². The van der Waals surface area contributed by atoms with Crippen LogP contribution in [0.1, 0.15) is 39.0 Å². The first-order valence-electron chi connectivity index (χ1n) is 6.39. The van der Waals surface area contributed by atoms with Gasteiger partial charge in [-0.05, 0) is 31.6 Å². The van der Waals surface area contributed by atoms with Crippen molar-refractivity contribution in [2.45, 2.75) is 51.2 Å². The van der Waals surface area contributed by atoms with Crippen LogP contribution in [-0.4, -0.2) is 32.0 Å². The fourth-order valence-corrected chi connectivity index (χ4v) is 2.30. The molecule has 0 aliphatic heterocycles. The summed E-state index contributed by atoms with van der Waals surface area (Å²) >= 11 is 0. The third kappa shape index (κ3) is 6.88. The molecule has 0 atom stereocenters.